The van der Waals surface area contributed by atoms with Crippen LogP contribution in [0.3, 0.4) is 0 Å². The number of nitro benzene ring substituents is 1. The van der Waals surface area contributed by atoms with Crippen LogP contribution in [0.5, 0.6) is 0 Å². The lowest BCUT2D eigenvalue weighted by molar-refractivity contribution is -0.384. The number of esters is 1. The molecule has 0 aliphatic carbocycles. The number of nitrogens with zero attached hydrogens (tertiary/aromatic N) is 2. The second-order valence-electron chi connectivity index (χ2n) is 6.18. The summed E-state index contributed by atoms with van der Waals surface area (Å²) < 4.78 is 10.5. The summed E-state index contributed by atoms with van der Waals surface area (Å²) in [6, 6.07) is 5.49. The van der Waals surface area contributed by atoms with E-state index in [1.807, 2.05) is 6.92 Å². The smallest absolute Gasteiger partial charge is 0.356 e. The maximum absolute atomic E-state index is 12.8. The van der Waals surface area contributed by atoms with Crippen LogP contribution in [0.25, 0.3) is 0 Å². The zero-order chi connectivity index (χ0) is 22.3. The summed E-state index contributed by atoms with van der Waals surface area (Å²) >= 11 is 7.19. The molecular formula is C19H21ClN2O7S. The van der Waals surface area contributed by atoms with Gasteiger partial charge < -0.3 is 9.47 Å². The Hall–Kier alpha value is -2.43. The highest BCUT2D eigenvalue weighted by atomic mass is 35.5. The summed E-state index contributed by atoms with van der Waals surface area (Å²) in [7, 11) is 0. The molecule has 11 heteroatoms. The SMILES string of the molecule is CCOCCSC(C(C)=O)=C(C(=O)OCc1ccc([N+](=O)[O-])cc1)N1C(=O)CC1Cl. The number of likely N-dealkylation sites (tertiary alicyclic amines) is 1. The van der Waals surface area contributed by atoms with Gasteiger partial charge in [-0.2, -0.15) is 0 Å². The minimum atomic E-state index is -0.874. The molecule has 0 spiro atoms. The van der Waals surface area contributed by atoms with Gasteiger partial charge in [-0.05, 0) is 31.5 Å². The van der Waals surface area contributed by atoms with Crippen LogP contribution < -0.4 is 0 Å². The number of halogens is 1. The topological polar surface area (TPSA) is 116 Å². The molecule has 0 aromatic heterocycles. The van der Waals surface area contributed by atoms with E-state index in [-0.39, 0.29) is 35.2 Å². The van der Waals surface area contributed by atoms with Gasteiger partial charge in [0, 0.05) is 24.5 Å². The lowest BCUT2D eigenvalue weighted by Crippen LogP contribution is -2.51. The highest BCUT2D eigenvalue weighted by Crippen LogP contribution is 2.34. The van der Waals surface area contributed by atoms with Crippen LogP contribution in [0, 0.1) is 10.1 Å². The van der Waals surface area contributed by atoms with E-state index in [9.17, 15) is 24.5 Å². The van der Waals surface area contributed by atoms with E-state index in [2.05, 4.69) is 0 Å². The quantitative estimate of drug-likeness (QED) is 0.0729. The Bertz CT molecular complexity index is 857. The van der Waals surface area contributed by atoms with Gasteiger partial charge in [0.25, 0.3) is 5.69 Å². The standard InChI is InChI=1S/C19H21ClN2O7S/c1-3-28-8-9-30-18(12(2)23)17(21-15(20)10-16(21)24)19(25)29-11-13-4-6-14(7-5-13)22(26)27/h4-7,15H,3,8-11H2,1-2H3. The first-order chi connectivity index (χ1) is 14.3. The monoisotopic (exact) mass is 456 g/mol. The molecule has 0 N–H and O–H groups in total. The minimum absolute atomic E-state index is 0.0511. The van der Waals surface area contributed by atoms with Crippen molar-refractivity contribution in [2.75, 3.05) is 19.0 Å². The summed E-state index contributed by atoms with van der Waals surface area (Å²) in [6.45, 7) is 3.81. The number of ketones is 1. The second kappa shape index (κ2) is 11.1. The third kappa shape index (κ3) is 6.04. The van der Waals surface area contributed by atoms with Crippen molar-refractivity contribution in [1.82, 2.24) is 4.90 Å². The number of carbonyl (C=O) groups is 3. The molecule has 1 aromatic rings. The van der Waals surface area contributed by atoms with Crippen molar-refractivity contribution < 1.29 is 28.8 Å². The number of hydrogen-bond acceptors (Lipinski definition) is 8. The summed E-state index contributed by atoms with van der Waals surface area (Å²) in [5.74, 6) is -1.26. The number of Topliss-reactive ketones (excluding diaryl/α,β-unsaturated/α-hetero) is 1. The van der Waals surface area contributed by atoms with E-state index in [1.165, 1.54) is 31.2 Å². The normalized spacial score (nSPS) is 16.6. The van der Waals surface area contributed by atoms with E-state index in [4.69, 9.17) is 21.1 Å². The molecule has 1 saturated heterocycles. The van der Waals surface area contributed by atoms with E-state index >= 15 is 0 Å². The number of β-lactam (4-membered cyclic amide) rings is 1. The fourth-order valence-electron chi connectivity index (χ4n) is 2.56. The van der Waals surface area contributed by atoms with Gasteiger partial charge in [0.05, 0.1) is 22.9 Å². The predicted octanol–water partition coefficient (Wildman–Crippen LogP) is 3.01. The van der Waals surface area contributed by atoms with E-state index < -0.39 is 22.2 Å². The molecular weight excluding hydrogens is 436 g/mol. The Morgan fingerprint density at radius 3 is 2.50 bits per heavy atom. The van der Waals surface area contributed by atoms with Crippen molar-refractivity contribution in [3.05, 3.63) is 50.5 Å². The summed E-state index contributed by atoms with van der Waals surface area (Å²) in [5, 5.41) is 10.7. The number of rotatable bonds is 11. The zero-order valence-corrected chi connectivity index (χ0v) is 18.0. The van der Waals surface area contributed by atoms with Crippen LogP contribution in [0.2, 0.25) is 0 Å². The average molecular weight is 457 g/mol. The van der Waals surface area contributed by atoms with Gasteiger partial charge in [-0.3, -0.25) is 24.6 Å². The number of thioether (sulfide) groups is 1. The first-order valence-corrected chi connectivity index (χ1v) is 10.5. The number of carbonyl (C=O) groups excluding carboxylic acids is 3. The second-order valence-corrected chi connectivity index (χ2v) is 7.79. The van der Waals surface area contributed by atoms with Crippen LogP contribution in [0.15, 0.2) is 34.9 Å². The summed E-state index contributed by atoms with van der Waals surface area (Å²) in [4.78, 5) is 48.4. The van der Waals surface area contributed by atoms with Crippen LogP contribution in [0.4, 0.5) is 5.69 Å². The first-order valence-electron chi connectivity index (χ1n) is 9.08. The molecule has 1 unspecified atom stereocenters. The van der Waals surface area contributed by atoms with Crippen molar-refractivity contribution in [3.63, 3.8) is 0 Å². The molecule has 30 heavy (non-hydrogen) atoms. The molecule has 0 saturated carbocycles. The number of alkyl halides is 1. The number of allylic oxidation sites excluding steroid dienone is 1. The van der Waals surface area contributed by atoms with Crippen LogP contribution in [-0.4, -0.2) is 52.0 Å². The Morgan fingerprint density at radius 1 is 1.33 bits per heavy atom. The Balaban J connectivity index is 2.22. The fraction of sp³-hybridized carbons (Fsp3) is 0.421. The highest BCUT2D eigenvalue weighted by Gasteiger charge is 2.42. The van der Waals surface area contributed by atoms with Gasteiger partial charge in [0.2, 0.25) is 5.91 Å². The van der Waals surface area contributed by atoms with Gasteiger partial charge in [-0.15, -0.1) is 11.8 Å². The molecule has 0 radical (unpaired) electrons. The van der Waals surface area contributed by atoms with E-state index in [1.54, 1.807) is 0 Å². The van der Waals surface area contributed by atoms with E-state index in [0.29, 0.717) is 24.5 Å². The van der Waals surface area contributed by atoms with Crippen molar-refractivity contribution in [2.24, 2.45) is 0 Å². The molecule has 1 aromatic carbocycles. The number of hydrogen-bond donors (Lipinski definition) is 0. The molecule has 1 amide bonds. The van der Waals surface area contributed by atoms with Crippen LogP contribution >= 0.6 is 23.4 Å². The number of non-ortho nitro benzene ring substituents is 1. The molecule has 1 atom stereocenters. The van der Waals surface area contributed by atoms with Gasteiger partial charge in [-0.1, -0.05) is 11.6 Å². The molecule has 1 aliphatic heterocycles. The molecule has 1 fully saturated rings. The maximum Gasteiger partial charge on any atom is 0.356 e. The molecule has 1 heterocycles. The summed E-state index contributed by atoms with van der Waals surface area (Å²) in [5.41, 5.74) is -0.520. The first kappa shape index (κ1) is 23.8. The molecule has 9 nitrogen and oxygen atoms in total. The van der Waals surface area contributed by atoms with Crippen LogP contribution in [0.1, 0.15) is 25.8 Å². The van der Waals surface area contributed by atoms with Crippen molar-refractivity contribution >= 4 is 46.7 Å². The molecule has 162 valence electrons. The summed E-state index contributed by atoms with van der Waals surface area (Å²) in [6.07, 6.45) is 0.0511. The Labute approximate surface area is 182 Å². The number of benzene rings is 1. The molecule has 1 aliphatic rings. The molecule has 0 bridgehead atoms. The number of amides is 1. The zero-order valence-electron chi connectivity index (χ0n) is 16.5. The third-order valence-corrected chi connectivity index (χ3v) is 5.55. The number of nitro groups is 1. The molecule has 2 rings (SSSR count). The van der Waals surface area contributed by atoms with Gasteiger partial charge in [0.1, 0.15) is 17.8 Å². The fourth-order valence-corrected chi connectivity index (χ4v) is 3.82. The minimum Gasteiger partial charge on any atom is -0.456 e. The third-order valence-electron chi connectivity index (χ3n) is 4.06. The Morgan fingerprint density at radius 2 is 2.00 bits per heavy atom. The highest BCUT2D eigenvalue weighted by molar-refractivity contribution is 8.04. The van der Waals surface area contributed by atoms with Crippen LogP contribution in [-0.2, 0) is 30.5 Å². The predicted molar refractivity (Wildman–Crippen MR) is 111 cm³/mol. The number of ether oxygens (including phenoxy) is 2. The van der Waals surface area contributed by atoms with Crippen molar-refractivity contribution in [1.29, 1.82) is 0 Å². The van der Waals surface area contributed by atoms with E-state index in [0.717, 1.165) is 16.7 Å². The maximum atomic E-state index is 12.8. The van der Waals surface area contributed by atoms with Crippen molar-refractivity contribution in [2.45, 2.75) is 32.4 Å². The average Bonchev–Trinajstić information content (AvgIpc) is 2.70. The lowest BCUT2D eigenvalue weighted by atomic mass is 10.1. The lowest BCUT2D eigenvalue weighted by Gasteiger charge is -2.37. The largest absolute Gasteiger partial charge is 0.456 e. The van der Waals surface area contributed by atoms with Crippen molar-refractivity contribution in [3.8, 4) is 0 Å². The van der Waals surface area contributed by atoms with Gasteiger partial charge in [-0.25, -0.2) is 4.79 Å². The Kier molecular flexibility index (Phi) is 8.82. The van der Waals surface area contributed by atoms with Gasteiger partial charge >= 0.3 is 5.97 Å². The van der Waals surface area contributed by atoms with Gasteiger partial charge in [0.15, 0.2) is 5.78 Å².